The SMILES string of the molecule is CCC(CCC(I)NC(=O)c1ccc(F)c2nn(C)cc12)CCN1CCc2sc(OCC(C)(F)F)nc2C1. The number of hydrogen-bond donors (Lipinski definition) is 1. The van der Waals surface area contributed by atoms with Crippen LogP contribution in [-0.4, -0.2) is 55.2 Å². The molecular weight excluding hydrogens is 630 g/mol. The molecule has 208 valence electrons. The van der Waals surface area contributed by atoms with Crippen molar-refractivity contribution in [2.45, 2.75) is 62.5 Å². The number of amides is 1. The Morgan fingerprint density at radius 2 is 2.11 bits per heavy atom. The molecular formula is C26H33F3IN5O2S. The Labute approximate surface area is 238 Å². The summed E-state index contributed by atoms with van der Waals surface area (Å²) in [4.78, 5) is 20.8. The number of rotatable bonds is 12. The predicted octanol–water partition coefficient (Wildman–Crippen LogP) is 5.95. The molecule has 1 aromatic carbocycles. The summed E-state index contributed by atoms with van der Waals surface area (Å²) in [6.07, 6.45) is 6.41. The van der Waals surface area contributed by atoms with E-state index < -0.39 is 18.3 Å². The van der Waals surface area contributed by atoms with Crippen LogP contribution < -0.4 is 10.1 Å². The number of benzene rings is 1. The molecule has 1 N–H and O–H groups in total. The second-order valence-electron chi connectivity index (χ2n) is 9.98. The van der Waals surface area contributed by atoms with E-state index in [2.05, 4.69) is 49.8 Å². The molecule has 0 saturated heterocycles. The van der Waals surface area contributed by atoms with Gasteiger partial charge in [0.2, 0.25) is 0 Å². The highest BCUT2D eigenvalue weighted by molar-refractivity contribution is 14.1. The first-order chi connectivity index (χ1) is 18.0. The molecule has 2 atom stereocenters. The van der Waals surface area contributed by atoms with E-state index in [9.17, 15) is 18.0 Å². The van der Waals surface area contributed by atoms with E-state index >= 15 is 0 Å². The fourth-order valence-electron chi connectivity index (χ4n) is 4.65. The zero-order chi connectivity index (χ0) is 27.4. The van der Waals surface area contributed by atoms with E-state index in [-0.39, 0.29) is 15.5 Å². The molecule has 7 nitrogen and oxygen atoms in total. The monoisotopic (exact) mass is 663 g/mol. The Balaban J connectivity index is 1.23. The molecule has 0 radical (unpaired) electrons. The van der Waals surface area contributed by atoms with Gasteiger partial charge in [0.15, 0.2) is 12.4 Å². The summed E-state index contributed by atoms with van der Waals surface area (Å²) in [5, 5.41) is 7.99. The van der Waals surface area contributed by atoms with Gasteiger partial charge in [0.05, 0.1) is 15.3 Å². The number of aryl methyl sites for hydroxylation is 1. The molecule has 1 amide bonds. The van der Waals surface area contributed by atoms with Crippen LogP contribution in [0.25, 0.3) is 10.9 Å². The summed E-state index contributed by atoms with van der Waals surface area (Å²) >= 11 is 3.62. The van der Waals surface area contributed by atoms with Crippen molar-refractivity contribution in [1.82, 2.24) is 25.0 Å². The third-order valence-corrected chi connectivity index (χ3v) is 8.77. The number of thiazole rings is 1. The van der Waals surface area contributed by atoms with Crippen LogP contribution >= 0.6 is 33.9 Å². The average molecular weight is 664 g/mol. The number of carbonyl (C=O) groups excluding carboxylic acids is 1. The summed E-state index contributed by atoms with van der Waals surface area (Å²) in [5.41, 5.74) is 1.55. The number of alkyl halides is 3. The highest BCUT2D eigenvalue weighted by atomic mass is 127. The van der Waals surface area contributed by atoms with E-state index in [1.54, 1.807) is 13.2 Å². The van der Waals surface area contributed by atoms with Crippen molar-refractivity contribution in [2.75, 3.05) is 19.7 Å². The highest BCUT2D eigenvalue weighted by Gasteiger charge is 2.26. The van der Waals surface area contributed by atoms with Crippen LogP contribution in [0.2, 0.25) is 0 Å². The van der Waals surface area contributed by atoms with Crippen LogP contribution in [0.1, 0.15) is 60.5 Å². The average Bonchev–Trinajstić information content (AvgIpc) is 3.45. The third kappa shape index (κ3) is 7.59. The van der Waals surface area contributed by atoms with Gasteiger partial charge in [0.1, 0.15) is 5.52 Å². The zero-order valence-corrected chi connectivity index (χ0v) is 24.8. The number of ether oxygens (including phenoxy) is 1. The smallest absolute Gasteiger partial charge is 0.278 e. The first-order valence-corrected chi connectivity index (χ1v) is 14.9. The molecule has 4 rings (SSSR count). The van der Waals surface area contributed by atoms with Crippen LogP contribution in [0.5, 0.6) is 5.19 Å². The lowest BCUT2D eigenvalue weighted by molar-refractivity contribution is -0.0230. The van der Waals surface area contributed by atoms with Crippen molar-refractivity contribution in [3.05, 3.63) is 40.3 Å². The first kappa shape index (κ1) is 29.1. The lowest BCUT2D eigenvalue weighted by Crippen LogP contribution is -2.32. The molecule has 3 aromatic rings. The normalized spacial score (nSPS) is 15.9. The Bertz CT molecular complexity index is 1260. The number of halogens is 4. The minimum atomic E-state index is -2.88. The molecule has 3 heterocycles. The van der Waals surface area contributed by atoms with Gasteiger partial charge < -0.3 is 10.1 Å². The second-order valence-corrected chi connectivity index (χ2v) is 12.5. The van der Waals surface area contributed by atoms with E-state index in [1.165, 1.54) is 28.2 Å². The maximum Gasteiger partial charge on any atom is 0.278 e. The summed E-state index contributed by atoms with van der Waals surface area (Å²) < 4.78 is 46.9. The van der Waals surface area contributed by atoms with Crippen LogP contribution in [0.3, 0.4) is 0 Å². The summed E-state index contributed by atoms with van der Waals surface area (Å²) in [7, 11) is 1.70. The first-order valence-electron chi connectivity index (χ1n) is 12.8. The van der Waals surface area contributed by atoms with Crippen molar-refractivity contribution < 1.29 is 22.7 Å². The fourth-order valence-corrected chi connectivity index (χ4v) is 6.20. The number of fused-ring (bicyclic) bond motifs is 2. The number of aromatic nitrogens is 3. The lowest BCUT2D eigenvalue weighted by Gasteiger charge is -2.27. The molecule has 0 saturated carbocycles. The minimum Gasteiger partial charge on any atom is -0.464 e. The molecule has 0 spiro atoms. The molecule has 0 fully saturated rings. The maximum atomic E-state index is 14.1. The van der Waals surface area contributed by atoms with Crippen LogP contribution in [-0.2, 0) is 20.0 Å². The van der Waals surface area contributed by atoms with E-state index in [1.807, 2.05) is 0 Å². The quantitative estimate of drug-likeness (QED) is 0.148. The van der Waals surface area contributed by atoms with Gasteiger partial charge in [-0.25, -0.2) is 18.2 Å². The van der Waals surface area contributed by atoms with Gasteiger partial charge in [-0.3, -0.25) is 14.4 Å². The Hall–Kier alpha value is -1.93. The van der Waals surface area contributed by atoms with Gasteiger partial charge in [0, 0.05) is 43.5 Å². The largest absolute Gasteiger partial charge is 0.464 e. The van der Waals surface area contributed by atoms with Crippen LogP contribution in [0.15, 0.2) is 18.3 Å². The standard InChI is InChI=1S/C26H33F3IN5O2S/c1-4-16(9-11-35-12-10-21-20(14-35)31-25(38-21)37-15-26(2,28)29)5-8-22(30)32-24(36)17-6-7-19(27)23-18(17)13-34(3)33-23/h6-7,13,16,22H,4-5,8-12,14-15H2,1-3H3,(H,32,36). The van der Waals surface area contributed by atoms with Gasteiger partial charge in [-0.1, -0.05) is 47.3 Å². The number of nitrogens with one attached hydrogen (secondary N) is 1. The summed E-state index contributed by atoms with van der Waals surface area (Å²) in [6, 6.07) is 2.79. The van der Waals surface area contributed by atoms with Crippen molar-refractivity contribution in [2.24, 2.45) is 13.0 Å². The van der Waals surface area contributed by atoms with Crippen molar-refractivity contribution in [3.63, 3.8) is 0 Å². The van der Waals surface area contributed by atoms with E-state index in [0.29, 0.717) is 28.6 Å². The van der Waals surface area contributed by atoms with Gasteiger partial charge >= 0.3 is 0 Å². The summed E-state index contributed by atoms with van der Waals surface area (Å²) in [5.74, 6) is -3.03. The van der Waals surface area contributed by atoms with Gasteiger partial charge in [-0.05, 0) is 50.3 Å². The van der Waals surface area contributed by atoms with E-state index in [0.717, 1.165) is 62.7 Å². The van der Waals surface area contributed by atoms with Crippen LogP contribution in [0.4, 0.5) is 13.2 Å². The van der Waals surface area contributed by atoms with Crippen molar-refractivity contribution >= 4 is 50.7 Å². The topological polar surface area (TPSA) is 72.3 Å². The van der Waals surface area contributed by atoms with Crippen LogP contribution in [0, 0.1) is 11.7 Å². The van der Waals surface area contributed by atoms with Gasteiger partial charge in [-0.2, -0.15) is 5.10 Å². The van der Waals surface area contributed by atoms with Gasteiger partial charge in [0.25, 0.3) is 17.0 Å². The molecule has 12 heteroatoms. The molecule has 1 aliphatic rings. The molecule has 2 aromatic heterocycles. The number of carbonyl (C=O) groups is 1. The fraction of sp³-hybridized carbons (Fsp3) is 0.577. The third-order valence-electron chi connectivity index (χ3n) is 6.77. The number of nitrogens with zero attached hydrogens (tertiary/aromatic N) is 4. The minimum absolute atomic E-state index is 0.0487. The molecule has 38 heavy (non-hydrogen) atoms. The molecule has 1 aliphatic heterocycles. The Morgan fingerprint density at radius 1 is 1.32 bits per heavy atom. The maximum absolute atomic E-state index is 14.1. The molecule has 0 aliphatic carbocycles. The van der Waals surface area contributed by atoms with Crippen molar-refractivity contribution in [1.29, 1.82) is 0 Å². The Morgan fingerprint density at radius 3 is 2.84 bits per heavy atom. The number of hydrogen-bond acceptors (Lipinski definition) is 6. The summed E-state index contributed by atoms with van der Waals surface area (Å²) in [6.45, 7) is 4.93. The van der Waals surface area contributed by atoms with Crippen molar-refractivity contribution in [3.8, 4) is 5.19 Å². The highest BCUT2D eigenvalue weighted by Crippen LogP contribution is 2.31. The van der Waals surface area contributed by atoms with E-state index in [4.69, 9.17) is 4.74 Å². The lowest BCUT2D eigenvalue weighted by atomic mass is 9.96. The zero-order valence-electron chi connectivity index (χ0n) is 21.8. The van der Waals surface area contributed by atoms with Gasteiger partial charge in [-0.15, -0.1) is 0 Å². The Kier molecular flexibility index (Phi) is 9.56. The molecule has 2 unspecified atom stereocenters. The predicted molar refractivity (Wildman–Crippen MR) is 151 cm³/mol. The second kappa shape index (κ2) is 12.5. The molecule has 0 bridgehead atoms.